The molecule has 6 nitrogen and oxygen atoms in total. The third-order valence-electron chi connectivity index (χ3n) is 2.35. The first-order valence-corrected chi connectivity index (χ1v) is 5.01. The fourth-order valence-electron chi connectivity index (χ4n) is 1.43. The Hall–Kier alpha value is -2.11. The van der Waals surface area contributed by atoms with Crippen LogP contribution in [0.4, 0.5) is 5.82 Å². The number of aromatic nitrogens is 2. The third-order valence-corrected chi connectivity index (χ3v) is 2.35. The lowest BCUT2D eigenvalue weighted by molar-refractivity contribution is 0.787. The van der Waals surface area contributed by atoms with Gasteiger partial charge in [-0.15, -0.1) is 5.10 Å². The number of hydrogen-bond acceptors (Lipinski definition) is 5. The van der Waals surface area contributed by atoms with Crippen LogP contribution in [0.15, 0.2) is 29.0 Å². The summed E-state index contributed by atoms with van der Waals surface area (Å²) in [4.78, 5) is 0. The number of nitrogens with two attached hydrogens (primary N) is 1. The summed E-state index contributed by atoms with van der Waals surface area (Å²) in [6.45, 7) is 3.89. The number of amidine groups is 1. The van der Waals surface area contributed by atoms with Gasteiger partial charge in [-0.05, 0) is 26.0 Å². The molecule has 1 aliphatic heterocycles. The van der Waals surface area contributed by atoms with Crippen molar-refractivity contribution in [3.8, 4) is 0 Å². The number of aryl methyl sites for hydroxylation is 1. The van der Waals surface area contributed by atoms with E-state index < -0.39 is 0 Å². The van der Waals surface area contributed by atoms with Crippen LogP contribution in [0.1, 0.15) is 19.0 Å². The van der Waals surface area contributed by atoms with Gasteiger partial charge >= 0.3 is 0 Å². The molecule has 0 bridgehead atoms. The van der Waals surface area contributed by atoms with Crippen LogP contribution in [-0.2, 0) is 0 Å². The number of hydrazine groups is 1. The van der Waals surface area contributed by atoms with E-state index in [9.17, 15) is 0 Å². The number of allylic oxidation sites excluding steroid dienone is 1. The molecule has 2 heterocycles. The standard InChI is InChI=1S/C10H14N6/c1-7-3-6-10(14-13-7)16-8(2)4-5-9(12-11)15-16/h3-4,6H,5,11H2,1-2H3,(H,12,15). The zero-order chi connectivity index (χ0) is 11.5. The smallest absolute Gasteiger partial charge is 0.174 e. The number of rotatable bonds is 1. The predicted octanol–water partition coefficient (Wildman–Crippen LogP) is 0.676. The van der Waals surface area contributed by atoms with Crippen molar-refractivity contribution < 1.29 is 0 Å². The second-order valence-corrected chi connectivity index (χ2v) is 3.61. The van der Waals surface area contributed by atoms with Gasteiger partial charge in [0.25, 0.3) is 0 Å². The fraction of sp³-hybridized carbons (Fsp3) is 0.300. The summed E-state index contributed by atoms with van der Waals surface area (Å²) >= 11 is 0. The van der Waals surface area contributed by atoms with Crippen LogP contribution in [0.25, 0.3) is 0 Å². The van der Waals surface area contributed by atoms with Crippen LogP contribution in [0, 0.1) is 6.92 Å². The molecule has 3 N–H and O–H groups in total. The molecular formula is C10H14N6. The van der Waals surface area contributed by atoms with E-state index in [0.29, 0.717) is 12.3 Å². The van der Waals surface area contributed by atoms with Crippen molar-refractivity contribution in [3.05, 3.63) is 29.6 Å². The monoisotopic (exact) mass is 218 g/mol. The van der Waals surface area contributed by atoms with Crippen molar-refractivity contribution in [2.45, 2.75) is 20.3 Å². The number of nitrogens with one attached hydrogen (secondary N) is 1. The highest BCUT2D eigenvalue weighted by Crippen LogP contribution is 2.16. The van der Waals surface area contributed by atoms with E-state index in [0.717, 1.165) is 17.2 Å². The molecule has 0 aromatic carbocycles. The van der Waals surface area contributed by atoms with Crippen molar-refractivity contribution in [1.29, 1.82) is 0 Å². The minimum atomic E-state index is 0.702. The summed E-state index contributed by atoms with van der Waals surface area (Å²) in [7, 11) is 0. The van der Waals surface area contributed by atoms with Gasteiger partial charge in [-0.3, -0.25) is 5.43 Å². The van der Waals surface area contributed by atoms with Crippen LogP contribution >= 0.6 is 0 Å². The Labute approximate surface area is 93.8 Å². The van der Waals surface area contributed by atoms with E-state index in [2.05, 4.69) is 20.7 Å². The number of hydrogen-bond donors (Lipinski definition) is 2. The SMILES string of the molecule is CC1=CCC(=NN)NN1c1ccc(C)nn1. The second kappa shape index (κ2) is 4.18. The van der Waals surface area contributed by atoms with E-state index in [1.54, 1.807) is 0 Å². The maximum Gasteiger partial charge on any atom is 0.174 e. The second-order valence-electron chi connectivity index (χ2n) is 3.61. The minimum absolute atomic E-state index is 0.702. The Morgan fingerprint density at radius 1 is 1.38 bits per heavy atom. The van der Waals surface area contributed by atoms with Gasteiger partial charge in [0.15, 0.2) is 5.82 Å². The van der Waals surface area contributed by atoms with Crippen LogP contribution in [0.3, 0.4) is 0 Å². The highest BCUT2D eigenvalue weighted by atomic mass is 15.6. The zero-order valence-corrected chi connectivity index (χ0v) is 9.31. The maximum absolute atomic E-state index is 5.25. The Morgan fingerprint density at radius 2 is 2.19 bits per heavy atom. The average Bonchev–Trinajstić information content (AvgIpc) is 2.31. The van der Waals surface area contributed by atoms with E-state index >= 15 is 0 Å². The molecule has 0 spiro atoms. The van der Waals surface area contributed by atoms with Crippen LogP contribution < -0.4 is 16.3 Å². The lowest BCUT2D eigenvalue weighted by Gasteiger charge is -2.29. The van der Waals surface area contributed by atoms with Gasteiger partial charge < -0.3 is 5.84 Å². The third kappa shape index (κ3) is 1.95. The molecule has 0 aliphatic carbocycles. The van der Waals surface area contributed by atoms with Crippen molar-refractivity contribution >= 4 is 11.7 Å². The number of hydrazone groups is 1. The van der Waals surface area contributed by atoms with Gasteiger partial charge in [-0.25, -0.2) is 5.01 Å². The van der Waals surface area contributed by atoms with E-state index in [-0.39, 0.29) is 0 Å². The molecule has 2 rings (SSSR count). The average molecular weight is 218 g/mol. The Morgan fingerprint density at radius 3 is 2.81 bits per heavy atom. The molecule has 0 atom stereocenters. The molecule has 0 amide bonds. The molecule has 1 aromatic heterocycles. The van der Waals surface area contributed by atoms with Gasteiger partial charge in [0.2, 0.25) is 0 Å². The molecule has 1 aromatic rings. The van der Waals surface area contributed by atoms with Crippen LogP contribution in [-0.4, -0.2) is 16.0 Å². The molecule has 0 radical (unpaired) electrons. The first-order valence-electron chi connectivity index (χ1n) is 5.01. The summed E-state index contributed by atoms with van der Waals surface area (Å²) in [5.74, 6) is 6.67. The molecule has 6 heteroatoms. The van der Waals surface area contributed by atoms with Crippen molar-refractivity contribution in [1.82, 2.24) is 15.6 Å². The fourth-order valence-corrected chi connectivity index (χ4v) is 1.43. The molecule has 0 saturated heterocycles. The highest BCUT2D eigenvalue weighted by molar-refractivity contribution is 5.86. The summed E-state index contributed by atoms with van der Waals surface area (Å²) in [5, 5.41) is 13.6. The van der Waals surface area contributed by atoms with Crippen LogP contribution in [0.5, 0.6) is 0 Å². The number of anilines is 1. The van der Waals surface area contributed by atoms with Gasteiger partial charge in [-0.2, -0.15) is 10.2 Å². The van der Waals surface area contributed by atoms with E-state index in [4.69, 9.17) is 5.84 Å². The van der Waals surface area contributed by atoms with Gasteiger partial charge in [0.05, 0.1) is 5.69 Å². The first-order chi connectivity index (χ1) is 7.70. The molecule has 0 fully saturated rings. The summed E-state index contributed by atoms with van der Waals surface area (Å²) < 4.78 is 0. The van der Waals surface area contributed by atoms with Crippen molar-refractivity contribution in [2.24, 2.45) is 10.9 Å². The highest BCUT2D eigenvalue weighted by Gasteiger charge is 2.16. The van der Waals surface area contributed by atoms with Gasteiger partial charge in [0, 0.05) is 12.1 Å². The Balaban J connectivity index is 2.29. The zero-order valence-electron chi connectivity index (χ0n) is 9.31. The minimum Gasteiger partial charge on any atom is -0.322 e. The summed E-state index contributed by atoms with van der Waals surface area (Å²) in [6, 6.07) is 3.80. The normalized spacial score (nSPS) is 18.2. The topological polar surface area (TPSA) is 79.4 Å². The molecule has 1 aliphatic rings. The van der Waals surface area contributed by atoms with Crippen LogP contribution in [0.2, 0.25) is 0 Å². The first kappa shape index (κ1) is 10.4. The molecular weight excluding hydrogens is 204 g/mol. The quantitative estimate of drug-likeness (QED) is 0.535. The number of nitrogens with zero attached hydrogens (tertiary/aromatic N) is 4. The van der Waals surface area contributed by atoms with Gasteiger partial charge in [0.1, 0.15) is 5.84 Å². The lowest BCUT2D eigenvalue weighted by atomic mass is 10.2. The van der Waals surface area contributed by atoms with E-state index in [1.807, 2.05) is 37.1 Å². The lowest BCUT2D eigenvalue weighted by Crippen LogP contribution is -2.44. The van der Waals surface area contributed by atoms with Crippen molar-refractivity contribution in [2.75, 3.05) is 5.01 Å². The molecule has 16 heavy (non-hydrogen) atoms. The van der Waals surface area contributed by atoms with Gasteiger partial charge in [-0.1, -0.05) is 6.08 Å². The predicted molar refractivity (Wildman–Crippen MR) is 62.4 cm³/mol. The summed E-state index contributed by atoms with van der Waals surface area (Å²) in [6.07, 6.45) is 2.74. The molecule has 0 unspecified atom stereocenters. The Bertz CT molecular complexity index is 433. The largest absolute Gasteiger partial charge is 0.322 e. The summed E-state index contributed by atoms with van der Waals surface area (Å²) in [5.41, 5.74) is 5.01. The maximum atomic E-state index is 5.25. The van der Waals surface area contributed by atoms with E-state index in [1.165, 1.54) is 0 Å². The van der Waals surface area contributed by atoms with Crippen molar-refractivity contribution in [3.63, 3.8) is 0 Å². The molecule has 0 saturated carbocycles. The molecule has 84 valence electrons. The Kier molecular flexibility index (Phi) is 2.72.